The lowest BCUT2D eigenvalue weighted by Gasteiger charge is -2.33. The summed E-state index contributed by atoms with van der Waals surface area (Å²) in [5.74, 6) is -0.680. The Hall–Kier alpha value is -2.87. The highest BCUT2D eigenvalue weighted by atomic mass is 32.2. The Morgan fingerprint density at radius 2 is 1.55 bits per heavy atom. The average molecular weight is 474 g/mol. The fraction of sp³-hybridized carbons (Fsp3) is 0.440. The maximum Gasteiger partial charge on any atom is 0.244 e. The van der Waals surface area contributed by atoms with E-state index in [2.05, 4.69) is 5.32 Å². The molecule has 180 valence electrons. The van der Waals surface area contributed by atoms with Crippen molar-refractivity contribution < 1.29 is 18.0 Å². The number of nitrogens with one attached hydrogen (secondary N) is 1. The van der Waals surface area contributed by atoms with Gasteiger partial charge in [0, 0.05) is 13.1 Å². The van der Waals surface area contributed by atoms with Crippen LogP contribution in [-0.2, 0) is 26.2 Å². The van der Waals surface area contributed by atoms with E-state index in [0.717, 1.165) is 32.8 Å². The largest absolute Gasteiger partial charge is 0.355 e. The molecule has 0 radical (unpaired) electrons. The predicted molar refractivity (Wildman–Crippen MR) is 133 cm³/mol. The minimum absolute atomic E-state index is 0.207. The molecule has 0 saturated carbocycles. The number of hydrogen-bond donors (Lipinski definition) is 1. The summed E-state index contributed by atoms with van der Waals surface area (Å²) in [5, 5.41) is 2.80. The second-order valence-corrected chi connectivity index (χ2v) is 10.2. The topological polar surface area (TPSA) is 86.8 Å². The molecule has 33 heavy (non-hydrogen) atoms. The number of likely N-dealkylation sites (N-methyl/N-ethyl adjacent to an activating group) is 1. The lowest BCUT2D eigenvalue weighted by atomic mass is 10.1. The molecule has 0 fully saturated rings. The van der Waals surface area contributed by atoms with Crippen LogP contribution in [0.1, 0.15) is 42.5 Å². The number of rotatable bonds is 10. The number of carbonyl (C=O) groups is 2. The molecule has 0 heterocycles. The minimum Gasteiger partial charge on any atom is -0.355 e. The Kier molecular flexibility index (Phi) is 9.05. The summed E-state index contributed by atoms with van der Waals surface area (Å²) in [6, 6.07) is 12.5. The summed E-state index contributed by atoms with van der Waals surface area (Å²) in [4.78, 5) is 27.9. The Morgan fingerprint density at radius 1 is 0.970 bits per heavy atom. The van der Waals surface area contributed by atoms with E-state index in [1.165, 1.54) is 4.90 Å². The molecule has 2 rings (SSSR count). The van der Waals surface area contributed by atoms with Gasteiger partial charge >= 0.3 is 0 Å². The van der Waals surface area contributed by atoms with Gasteiger partial charge in [-0.05, 0) is 50.8 Å². The molecule has 2 amide bonds. The summed E-state index contributed by atoms with van der Waals surface area (Å²) in [6.07, 6.45) is 1.50. The molecular formula is C25H35N3O4S. The van der Waals surface area contributed by atoms with E-state index in [0.29, 0.717) is 18.7 Å². The average Bonchev–Trinajstić information content (AvgIpc) is 2.73. The second kappa shape index (κ2) is 11.3. The van der Waals surface area contributed by atoms with Crippen molar-refractivity contribution in [3.63, 3.8) is 0 Å². The number of aryl methyl sites for hydroxylation is 3. The monoisotopic (exact) mass is 473 g/mol. The van der Waals surface area contributed by atoms with E-state index in [-0.39, 0.29) is 19.0 Å². The van der Waals surface area contributed by atoms with Crippen molar-refractivity contribution in [2.75, 3.05) is 23.7 Å². The van der Waals surface area contributed by atoms with E-state index in [9.17, 15) is 18.0 Å². The molecule has 1 atom stereocenters. The first-order chi connectivity index (χ1) is 15.5. The van der Waals surface area contributed by atoms with E-state index in [1.54, 1.807) is 0 Å². The van der Waals surface area contributed by atoms with Gasteiger partial charge < -0.3 is 10.2 Å². The van der Waals surface area contributed by atoms with Gasteiger partial charge in [-0.15, -0.1) is 0 Å². The number of para-hydroxylation sites is 1. The number of carbonyl (C=O) groups excluding carboxylic acids is 2. The minimum atomic E-state index is -3.75. The van der Waals surface area contributed by atoms with E-state index < -0.39 is 22.0 Å². The van der Waals surface area contributed by atoms with E-state index in [1.807, 2.05) is 77.1 Å². The zero-order valence-corrected chi connectivity index (χ0v) is 21.2. The summed E-state index contributed by atoms with van der Waals surface area (Å²) in [5.41, 5.74) is 3.97. The predicted octanol–water partition coefficient (Wildman–Crippen LogP) is 3.32. The lowest BCUT2D eigenvalue weighted by molar-refractivity contribution is -0.140. The highest BCUT2D eigenvalue weighted by Gasteiger charge is 2.32. The van der Waals surface area contributed by atoms with Crippen LogP contribution >= 0.6 is 0 Å². The summed E-state index contributed by atoms with van der Waals surface area (Å²) >= 11 is 0. The van der Waals surface area contributed by atoms with Crippen molar-refractivity contribution in [1.29, 1.82) is 0 Å². The Balaban J connectivity index is 2.48. The third-order valence-corrected chi connectivity index (χ3v) is 6.69. The third kappa shape index (κ3) is 6.81. The van der Waals surface area contributed by atoms with Crippen LogP contribution in [0.2, 0.25) is 0 Å². The van der Waals surface area contributed by atoms with Crippen LogP contribution in [0.25, 0.3) is 0 Å². The van der Waals surface area contributed by atoms with Crippen LogP contribution in [-0.4, -0.2) is 50.5 Å². The quantitative estimate of drug-likeness (QED) is 0.574. The normalized spacial score (nSPS) is 12.2. The fourth-order valence-corrected chi connectivity index (χ4v) is 4.84. The van der Waals surface area contributed by atoms with Crippen molar-refractivity contribution in [2.24, 2.45) is 0 Å². The molecule has 0 spiro atoms. The highest BCUT2D eigenvalue weighted by molar-refractivity contribution is 7.92. The number of anilines is 1. The number of amides is 2. The van der Waals surface area contributed by atoms with Crippen molar-refractivity contribution in [1.82, 2.24) is 10.2 Å². The molecule has 2 aromatic carbocycles. The maximum atomic E-state index is 13.6. The number of sulfonamides is 1. The Bertz CT molecular complexity index is 1060. The standard InChI is InChI=1S/C25H35N3O4S/c1-7-22(25(30)26-8-2)27(16-21-14-12-18(3)13-15-21)23(29)17-28(33(6,31)32)24-19(4)10-9-11-20(24)5/h9-15,22H,7-8,16-17H2,1-6H3,(H,26,30)/t22-/m0/s1. The SMILES string of the molecule is CCNC(=O)[C@H](CC)N(Cc1ccc(C)cc1)C(=O)CN(c1c(C)cccc1C)S(C)(=O)=O. The van der Waals surface area contributed by atoms with Gasteiger partial charge in [0.1, 0.15) is 12.6 Å². The van der Waals surface area contributed by atoms with Gasteiger partial charge in [-0.2, -0.15) is 0 Å². The molecule has 0 saturated heterocycles. The van der Waals surface area contributed by atoms with Crippen molar-refractivity contribution in [3.05, 3.63) is 64.7 Å². The van der Waals surface area contributed by atoms with Gasteiger partial charge in [-0.3, -0.25) is 13.9 Å². The smallest absolute Gasteiger partial charge is 0.244 e. The van der Waals surface area contributed by atoms with Crippen molar-refractivity contribution in [3.8, 4) is 0 Å². The first-order valence-corrected chi connectivity index (χ1v) is 13.0. The summed E-state index contributed by atoms with van der Waals surface area (Å²) in [6.45, 7) is 9.55. The zero-order valence-electron chi connectivity index (χ0n) is 20.4. The fourth-order valence-electron chi connectivity index (χ4n) is 3.88. The number of hydrogen-bond acceptors (Lipinski definition) is 4. The van der Waals surface area contributed by atoms with Gasteiger partial charge in [0.15, 0.2) is 0 Å². The molecule has 0 bridgehead atoms. The molecule has 0 unspecified atom stereocenters. The second-order valence-electron chi connectivity index (χ2n) is 8.34. The van der Waals surface area contributed by atoms with Crippen LogP contribution in [0.4, 0.5) is 5.69 Å². The Labute approximate surface area is 197 Å². The van der Waals surface area contributed by atoms with Crippen molar-refractivity contribution in [2.45, 2.75) is 53.6 Å². The van der Waals surface area contributed by atoms with Crippen LogP contribution < -0.4 is 9.62 Å². The first kappa shape index (κ1) is 26.4. The van der Waals surface area contributed by atoms with Crippen molar-refractivity contribution >= 4 is 27.5 Å². The van der Waals surface area contributed by atoms with E-state index >= 15 is 0 Å². The third-order valence-electron chi connectivity index (χ3n) is 5.58. The molecule has 1 N–H and O–H groups in total. The van der Waals surface area contributed by atoms with E-state index in [4.69, 9.17) is 0 Å². The molecule has 0 aromatic heterocycles. The molecular weight excluding hydrogens is 438 g/mol. The van der Waals surface area contributed by atoms with Crippen LogP contribution in [0.3, 0.4) is 0 Å². The number of nitrogens with zero attached hydrogens (tertiary/aromatic N) is 2. The molecule has 2 aromatic rings. The zero-order chi connectivity index (χ0) is 24.8. The molecule has 0 aliphatic rings. The Morgan fingerprint density at radius 3 is 2.03 bits per heavy atom. The number of benzene rings is 2. The highest BCUT2D eigenvalue weighted by Crippen LogP contribution is 2.27. The molecule has 0 aliphatic heterocycles. The summed E-state index contributed by atoms with van der Waals surface area (Å²) in [7, 11) is -3.75. The molecule has 8 heteroatoms. The van der Waals surface area contributed by atoms with Gasteiger partial charge in [0.05, 0.1) is 11.9 Å². The van der Waals surface area contributed by atoms with Gasteiger partial charge in [0.25, 0.3) is 0 Å². The molecule has 0 aliphatic carbocycles. The van der Waals surface area contributed by atoms with Crippen LogP contribution in [0.5, 0.6) is 0 Å². The first-order valence-electron chi connectivity index (χ1n) is 11.2. The van der Waals surface area contributed by atoms with Crippen LogP contribution in [0, 0.1) is 20.8 Å². The molecule has 7 nitrogen and oxygen atoms in total. The van der Waals surface area contributed by atoms with Gasteiger partial charge in [-0.25, -0.2) is 8.42 Å². The lowest BCUT2D eigenvalue weighted by Crippen LogP contribution is -2.52. The van der Waals surface area contributed by atoms with Crippen LogP contribution in [0.15, 0.2) is 42.5 Å². The van der Waals surface area contributed by atoms with Gasteiger partial charge in [-0.1, -0.05) is 55.0 Å². The van der Waals surface area contributed by atoms with Gasteiger partial charge in [0.2, 0.25) is 21.8 Å². The summed E-state index contributed by atoms with van der Waals surface area (Å²) < 4.78 is 26.6. The maximum absolute atomic E-state index is 13.6.